The second-order valence-electron chi connectivity index (χ2n) is 11.0. The first kappa shape index (κ1) is 26.8. The van der Waals surface area contributed by atoms with E-state index >= 15 is 0 Å². The molecule has 6 nitrogen and oxygen atoms in total. The van der Waals surface area contributed by atoms with Crippen molar-refractivity contribution in [3.05, 3.63) is 45.4 Å². The number of hydrogen-bond acceptors (Lipinski definition) is 5. The molecule has 2 N–H and O–H groups in total. The van der Waals surface area contributed by atoms with Crippen molar-refractivity contribution < 1.29 is 19.7 Å². The van der Waals surface area contributed by atoms with Gasteiger partial charge in [-0.1, -0.05) is 40.2 Å². The fourth-order valence-corrected chi connectivity index (χ4v) is 5.67. The highest BCUT2D eigenvalue weighted by molar-refractivity contribution is 5.80. The first-order chi connectivity index (χ1) is 16.0. The zero-order valence-corrected chi connectivity index (χ0v) is 21.7. The van der Waals surface area contributed by atoms with Crippen molar-refractivity contribution >= 4 is 5.78 Å². The number of carbonyl (C=O) groups excluding carboxylic acids is 1. The van der Waals surface area contributed by atoms with E-state index in [0.29, 0.717) is 28.9 Å². The molecule has 0 bridgehead atoms. The van der Waals surface area contributed by atoms with E-state index in [1.165, 1.54) is 16.6 Å². The summed E-state index contributed by atoms with van der Waals surface area (Å²) < 4.78 is 8.01. The van der Waals surface area contributed by atoms with E-state index in [9.17, 15) is 19.8 Å². The Balaban J connectivity index is 1.88. The average Bonchev–Trinajstić information content (AvgIpc) is 2.78. The summed E-state index contributed by atoms with van der Waals surface area (Å²) in [5.41, 5.74) is 0.490. The quantitative estimate of drug-likeness (QED) is 0.567. The van der Waals surface area contributed by atoms with E-state index in [4.69, 9.17) is 4.74 Å². The van der Waals surface area contributed by atoms with Gasteiger partial charge in [0.05, 0.1) is 18.3 Å². The Bertz CT molecular complexity index is 966. The van der Waals surface area contributed by atoms with Gasteiger partial charge in [0, 0.05) is 37.2 Å². The first-order valence-corrected chi connectivity index (χ1v) is 12.9. The van der Waals surface area contributed by atoms with Crippen LogP contribution in [0.5, 0.6) is 0 Å². The number of ether oxygens (including phenoxy) is 1. The van der Waals surface area contributed by atoms with Gasteiger partial charge >= 0.3 is 0 Å². The van der Waals surface area contributed by atoms with Crippen molar-refractivity contribution in [2.24, 2.45) is 24.8 Å². The Kier molecular flexibility index (Phi) is 8.59. The molecule has 34 heavy (non-hydrogen) atoms. The fraction of sp³-hybridized carbons (Fsp3) is 0.714. The lowest BCUT2D eigenvalue weighted by atomic mass is 9.76. The average molecular weight is 474 g/mol. The number of Topliss-reactive ketones (excluding diaryl/α,β-unsaturated/α-hetero) is 1. The van der Waals surface area contributed by atoms with Gasteiger partial charge in [-0.25, -0.2) is 0 Å². The minimum absolute atomic E-state index is 0.0560. The van der Waals surface area contributed by atoms with Crippen LogP contribution in [-0.2, 0) is 22.2 Å². The van der Waals surface area contributed by atoms with Gasteiger partial charge in [-0.3, -0.25) is 9.59 Å². The van der Waals surface area contributed by atoms with Gasteiger partial charge in [0.1, 0.15) is 11.4 Å². The highest BCUT2D eigenvalue weighted by Crippen LogP contribution is 2.40. The molecule has 1 aliphatic carbocycles. The van der Waals surface area contributed by atoms with Crippen molar-refractivity contribution in [2.75, 3.05) is 0 Å². The zero-order chi connectivity index (χ0) is 25.2. The largest absolute Gasteiger partial charge is 0.389 e. The molecular formula is C28H43NO5. The number of aliphatic hydroxyl groups excluding tert-OH is 1. The molecule has 2 fully saturated rings. The van der Waals surface area contributed by atoms with Crippen LogP contribution in [0.15, 0.2) is 28.7 Å². The highest BCUT2D eigenvalue weighted by atomic mass is 16.5. The van der Waals surface area contributed by atoms with E-state index in [1.807, 2.05) is 0 Å². The van der Waals surface area contributed by atoms with Crippen LogP contribution in [0.4, 0.5) is 0 Å². The molecule has 6 heteroatoms. The molecule has 1 aromatic heterocycles. The van der Waals surface area contributed by atoms with Crippen molar-refractivity contribution in [1.29, 1.82) is 0 Å². The molecule has 0 radical (unpaired) electrons. The Morgan fingerprint density at radius 1 is 1.32 bits per heavy atom. The van der Waals surface area contributed by atoms with E-state index in [2.05, 4.69) is 40.7 Å². The summed E-state index contributed by atoms with van der Waals surface area (Å²) in [5, 5.41) is 21.8. The van der Waals surface area contributed by atoms with Crippen LogP contribution in [0.2, 0.25) is 0 Å². The lowest BCUT2D eigenvalue weighted by Gasteiger charge is -2.38. The molecular weight excluding hydrogens is 430 g/mol. The number of ketones is 1. The maximum Gasteiger partial charge on any atom is 0.256 e. The number of hydrogen-bond donors (Lipinski definition) is 2. The lowest BCUT2D eigenvalue weighted by Crippen LogP contribution is -2.45. The monoisotopic (exact) mass is 473 g/mol. The number of carbonyl (C=O) groups is 1. The summed E-state index contributed by atoms with van der Waals surface area (Å²) in [5.74, 6) is 1.44. The molecule has 1 aliphatic heterocycles. The molecule has 1 saturated carbocycles. The Morgan fingerprint density at radius 2 is 2.03 bits per heavy atom. The molecule has 1 saturated heterocycles. The maximum absolute atomic E-state index is 13.1. The summed E-state index contributed by atoms with van der Waals surface area (Å²) in [6.45, 7) is 11.1. The van der Waals surface area contributed by atoms with Gasteiger partial charge < -0.3 is 19.5 Å². The first-order valence-electron chi connectivity index (χ1n) is 12.9. The van der Waals surface area contributed by atoms with Crippen LogP contribution in [0.1, 0.15) is 96.8 Å². The Morgan fingerprint density at radius 3 is 2.68 bits per heavy atom. The number of nitrogens with zero attached hydrogens (tertiary/aromatic N) is 1. The minimum Gasteiger partial charge on any atom is -0.389 e. The van der Waals surface area contributed by atoms with Gasteiger partial charge in [0.2, 0.25) is 0 Å². The second kappa shape index (κ2) is 10.9. The van der Waals surface area contributed by atoms with Crippen molar-refractivity contribution in [2.45, 2.75) is 103 Å². The molecule has 7 atom stereocenters. The predicted octanol–water partition coefficient (Wildman–Crippen LogP) is 4.56. The molecule has 0 amide bonds. The third-order valence-electron chi connectivity index (χ3n) is 7.99. The molecule has 1 aromatic rings. The van der Waals surface area contributed by atoms with Crippen LogP contribution in [-0.4, -0.2) is 32.8 Å². The third-order valence-corrected chi connectivity index (χ3v) is 7.99. The standard InChI is InChI=1S/C28H43NO5/c1-7-17(2)12-18(3)13-20(5)26-19(4)8-9-24(34-26)23-14-21(16-29(6)27(23)32)28(33)11-10-22(30)15-25(28)31/h13-14,16-19,24-26,31,33H,7-12,15H2,1-6H3. The van der Waals surface area contributed by atoms with Gasteiger partial charge in [0.25, 0.3) is 5.56 Å². The van der Waals surface area contributed by atoms with Crippen LogP contribution in [0.3, 0.4) is 0 Å². The molecule has 190 valence electrons. The zero-order valence-electron chi connectivity index (χ0n) is 21.7. The molecule has 2 heterocycles. The molecule has 7 unspecified atom stereocenters. The minimum atomic E-state index is -1.54. The van der Waals surface area contributed by atoms with Gasteiger partial charge in [-0.05, 0) is 62.0 Å². The summed E-state index contributed by atoms with van der Waals surface area (Å²) >= 11 is 0. The van der Waals surface area contributed by atoms with Crippen LogP contribution >= 0.6 is 0 Å². The predicted molar refractivity (Wildman–Crippen MR) is 133 cm³/mol. The number of pyridine rings is 1. The van der Waals surface area contributed by atoms with Crippen molar-refractivity contribution in [3.8, 4) is 0 Å². The smallest absolute Gasteiger partial charge is 0.256 e. The van der Waals surface area contributed by atoms with Gasteiger partial charge in [0.15, 0.2) is 0 Å². The highest BCUT2D eigenvalue weighted by Gasteiger charge is 2.43. The summed E-state index contributed by atoms with van der Waals surface area (Å²) in [6, 6.07) is 1.70. The summed E-state index contributed by atoms with van der Waals surface area (Å²) in [4.78, 5) is 24.9. The number of rotatable bonds is 7. The number of aryl methyl sites for hydroxylation is 1. The van der Waals surface area contributed by atoms with E-state index in [1.54, 1.807) is 19.3 Å². The SMILES string of the molecule is CCC(C)CC(C)C=C(C)C1OC(c2cc(C3(O)CCC(=O)CC3O)cn(C)c2=O)CCC1C. The van der Waals surface area contributed by atoms with Gasteiger partial charge in [-0.2, -0.15) is 0 Å². The van der Waals surface area contributed by atoms with E-state index < -0.39 is 11.7 Å². The number of aromatic nitrogens is 1. The summed E-state index contributed by atoms with van der Waals surface area (Å²) in [6.07, 6.45) is 6.54. The number of allylic oxidation sites excluding steroid dienone is 1. The van der Waals surface area contributed by atoms with Crippen molar-refractivity contribution in [3.63, 3.8) is 0 Å². The molecule has 2 aliphatic rings. The third kappa shape index (κ3) is 5.72. The fourth-order valence-electron chi connectivity index (χ4n) is 5.67. The Hall–Kier alpha value is -1.76. The topological polar surface area (TPSA) is 88.8 Å². The van der Waals surface area contributed by atoms with Crippen molar-refractivity contribution in [1.82, 2.24) is 4.57 Å². The summed E-state index contributed by atoms with van der Waals surface area (Å²) in [7, 11) is 1.66. The lowest BCUT2D eigenvalue weighted by molar-refractivity contribution is -0.142. The van der Waals surface area contributed by atoms with Crippen LogP contribution in [0.25, 0.3) is 0 Å². The molecule has 0 aromatic carbocycles. The van der Waals surface area contributed by atoms with Crippen LogP contribution in [0, 0.1) is 17.8 Å². The normalized spacial score (nSPS) is 32.5. The van der Waals surface area contributed by atoms with E-state index in [-0.39, 0.29) is 42.8 Å². The van der Waals surface area contributed by atoms with Gasteiger partial charge in [-0.15, -0.1) is 0 Å². The number of aliphatic hydroxyl groups is 2. The molecule has 0 spiro atoms. The van der Waals surface area contributed by atoms with E-state index in [0.717, 1.165) is 19.3 Å². The maximum atomic E-state index is 13.1. The van der Waals surface area contributed by atoms with Crippen LogP contribution < -0.4 is 5.56 Å². The molecule has 3 rings (SSSR count). The Labute approximate surface area is 204 Å². The second-order valence-corrected chi connectivity index (χ2v) is 11.0.